The number of carbonyl (C=O) groups is 4. The zero-order valence-electron chi connectivity index (χ0n) is 11.9. The summed E-state index contributed by atoms with van der Waals surface area (Å²) in [4.78, 5) is 45.5. The van der Waals surface area contributed by atoms with Crippen LogP contribution in [0.25, 0.3) is 5.52 Å². The van der Waals surface area contributed by atoms with Gasteiger partial charge < -0.3 is 25.2 Å². The van der Waals surface area contributed by atoms with Crippen molar-refractivity contribution in [3.63, 3.8) is 0 Å². The van der Waals surface area contributed by atoms with Crippen LogP contribution in [0.15, 0.2) is 18.3 Å². The van der Waals surface area contributed by atoms with Crippen LogP contribution < -0.4 is 4.74 Å². The molecule has 2 rings (SSSR count). The van der Waals surface area contributed by atoms with Crippen LogP contribution in [0.3, 0.4) is 0 Å². The van der Waals surface area contributed by atoms with Crippen LogP contribution in [0.2, 0.25) is 0 Å². The summed E-state index contributed by atoms with van der Waals surface area (Å²) in [7, 11) is 0. The van der Waals surface area contributed by atoms with E-state index < -0.39 is 47.2 Å². The second-order valence-electron chi connectivity index (χ2n) is 4.58. The fourth-order valence-electron chi connectivity index (χ4n) is 2.17. The Bertz CT molecular complexity index is 865. The Labute approximate surface area is 133 Å². The molecule has 10 nitrogen and oxygen atoms in total. The lowest BCUT2D eigenvalue weighted by molar-refractivity contribution is -0.135. The summed E-state index contributed by atoms with van der Waals surface area (Å²) in [6, 6.07) is 2.37. The van der Waals surface area contributed by atoms with E-state index in [-0.39, 0.29) is 17.8 Å². The van der Waals surface area contributed by atoms with Gasteiger partial charge in [0.15, 0.2) is 0 Å². The SMILES string of the molecule is O=C(CCO)Oc1ccc2c(C(=O)O)c(C(=O)O)c(C(=O)O)cn12. The number of ether oxygens (including phenoxy) is 1. The topological polar surface area (TPSA) is 163 Å². The Morgan fingerprint density at radius 3 is 2.08 bits per heavy atom. The number of aromatic carboxylic acids is 3. The van der Waals surface area contributed by atoms with E-state index in [1.807, 2.05) is 0 Å². The molecule has 0 atom stereocenters. The van der Waals surface area contributed by atoms with E-state index in [4.69, 9.17) is 14.9 Å². The summed E-state index contributed by atoms with van der Waals surface area (Å²) in [6.07, 6.45) is 0.535. The average molecular weight is 337 g/mol. The van der Waals surface area contributed by atoms with Crippen LogP contribution in [0.1, 0.15) is 37.5 Å². The van der Waals surface area contributed by atoms with Crippen molar-refractivity contribution in [1.82, 2.24) is 4.40 Å². The van der Waals surface area contributed by atoms with Gasteiger partial charge in [-0.1, -0.05) is 0 Å². The molecule has 0 aliphatic rings. The molecule has 0 unspecified atom stereocenters. The summed E-state index contributed by atoms with van der Waals surface area (Å²) in [6.45, 7) is -0.466. The monoisotopic (exact) mass is 337 g/mol. The van der Waals surface area contributed by atoms with Crippen molar-refractivity contribution in [2.45, 2.75) is 6.42 Å². The largest absolute Gasteiger partial charge is 0.478 e. The molecule has 126 valence electrons. The molecule has 2 heterocycles. The van der Waals surface area contributed by atoms with E-state index in [2.05, 4.69) is 0 Å². The predicted molar refractivity (Wildman–Crippen MR) is 75.6 cm³/mol. The summed E-state index contributed by atoms with van der Waals surface area (Å²) in [5, 5.41) is 36.3. The van der Waals surface area contributed by atoms with Gasteiger partial charge in [-0.25, -0.2) is 14.4 Å². The number of carbonyl (C=O) groups excluding carboxylic acids is 1. The number of rotatable bonds is 6. The molecule has 0 radical (unpaired) electrons. The van der Waals surface area contributed by atoms with E-state index in [1.165, 1.54) is 12.1 Å². The van der Waals surface area contributed by atoms with Crippen molar-refractivity contribution in [1.29, 1.82) is 0 Å². The number of pyridine rings is 1. The summed E-state index contributed by atoms with van der Waals surface area (Å²) < 4.78 is 5.86. The van der Waals surface area contributed by atoms with Gasteiger partial charge >= 0.3 is 23.9 Å². The summed E-state index contributed by atoms with van der Waals surface area (Å²) in [5.74, 6) is -6.05. The molecule has 0 fully saturated rings. The van der Waals surface area contributed by atoms with Crippen molar-refractivity contribution in [2.75, 3.05) is 6.61 Å². The highest BCUT2D eigenvalue weighted by atomic mass is 16.5. The molecule has 2 aromatic rings. The number of hydrogen-bond donors (Lipinski definition) is 4. The Morgan fingerprint density at radius 1 is 0.958 bits per heavy atom. The maximum Gasteiger partial charge on any atom is 0.338 e. The van der Waals surface area contributed by atoms with Gasteiger partial charge in [0.1, 0.15) is 0 Å². The molecule has 0 spiro atoms. The molecule has 24 heavy (non-hydrogen) atoms. The Kier molecular flexibility index (Phi) is 4.51. The van der Waals surface area contributed by atoms with Gasteiger partial charge in [0.25, 0.3) is 0 Å². The molecular formula is C14H11NO9. The predicted octanol–water partition coefficient (Wildman–Crippen LogP) is 0.322. The number of aromatic nitrogens is 1. The van der Waals surface area contributed by atoms with E-state index in [0.29, 0.717) is 0 Å². The smallest absolute Gasteiger partial charge is 0.338 e. The number of aliphatic hydroxyl groups excluding tert-OH is 1. The number of carboxylic acids is 3. The minimum absolute atomic E-state index is 0.156. The first-order valence-electron chi connectivity index (χ1n) is 6.47. The first-order chi connectivity index (χ1) is 11.3. The lowest BCUT2D eigenvalue weighted by Gasteiger charge is -2.11. The van der Waals surface area contributed by atoms with Gasteiger partial charge in [-0.3, -0.25) is 9.20 Å². The third-order valence-corrected chi connectivity index (χ3v) is 3.11. The molecular weight excluding hydrogens is 326 g/mol. The fraction of sp³-hybridized carbons (Fsp3) is 0.143. The molecule has 0 bridgehead atoms. The molecule has 0 aliphatic carbocycles. The first-order valence-corrected chi connectivity index (χ1v) is 6.47. The van der Waals surface area contributed by atoms with Gasteiger partial charge in [-0.05, 0) is 6.07 Å². The van der Waals surface area contributed by atoms with Crippen LogP contribution >= 0.6 is 0 Å². The molecule has 0 aliphatic heterocycles. The third kappa shape index (κ3) is 2.90. The lowest BCUT2D eigenvalue weighted by atomic mass is 10.0. The molecule has 0 saturated heterocycles. The number of nitrogens with zero attached hydrogens (tertiary/aromatic N) is 1. The highest BCUT2D eigenvalue weighted by Gasteiger charge is 2.28. The van der Waals surface area contributed by atoms with Crippen LogP contribution in [0.4, 0.5) is 0 Å². The van der Waals surface area contributed by atoms with E-state index in [1.54, 1.807) is 0 Å². The third-order valence-electron chi connectivity index (χ3n) is 3.11. The number of aliphatic hydroxyl groups is 1. The normalized spacial score (nSPS) is 10.5. The lowest BCUT2D eigenvalue weighted by Crippen LogP contribution is -2.18. The second kappa shape index (κ2) is 6.38. The van der Waals surface area contributed by atoms with Gasteiger partial charge in [0.2, 0.25) is 5.88 Å². The minimum atomic E-state index is -1.72. The van der Waals surface area contributed by atoms with Crippen molar-refractivity contribution in [3.8, 4) is 5.88 Å². The highest BCUT2D eigenvalue weighted by molar-refractivity contribution is 6.12. The summed E-state index contributed by atoms with van der Waals surface area (Å²) >= 11 is 0. The summed E-state index contributed by atoms with van der Waals surface area (Å²) in [5.41, 5.74) is -2.56. The fourth-order valence-corrected chi connectivity index (χ4v) is 2.17. The molecule has 0 amide bonds. The van der Waals surface area contributed by atoms with Crippen molar-refractivity contribution >= 4 is 29.4 Å². The van der Waals surface area contributed by atoms with Crippen LogP contribution in [-0.4, -0.2) is 55.3 Å². The highest BCUT2D eigenvalue weighted by Crippen LogP contribution is 2.27. The molecule has 0 saturated carbocycles. The van der Waals surface area contributed by atoms with Gasteiger partial charge in [-0.15, -0.1) is 0 Å². The standard InChI is InChI=1S/C14H11NO9/c16-4-3-9(17)24-8-2-1-7-11(14(22)23)10(13(20)21)6(12(18)19)5-15(7)8/h1-2,5,16H,3-4H2,(H,18,19)(H,20,21)(H,22,23). The van der Waals surface area contributed by atoms with Crippen molar-refractivity contribution < 1.29 is 44.3 Å². The Hall–Kier alpha value is -3.40. The van der Waals surface area contributed by atoms with Crippen LogP contribution in [0.5, 0.6) is 5.88 Å². The van der Waals surface area contributed by atoms with Gasteiger partial charge in [0, 0.05) is 12.3 Å². The number of fused-ring (bicyclic) bond motifs is 1. The molecule has 10 heteroatoms. The molecule has 2 aromatic heterocycles. The van der Waals surface area contributed by atoms with Crippen molar-refractivity contribution in [2.24, 2.45) is 0 Å². The first kappa shape index (κ1) is 17.0. The van der Waals surface area contributed by atoms with Gasteiger partial charge in [-0.2, -0.15) is 0 Å². The quantitative estimate of drug-likeness (QED) is 0.543. The zero-order valence-corrected chi connectivity index (χ0v) is 11.9. The minimum Gasteiger partial charge on any atom is -0.478 e. The number of esters is 1. The average Bonchev–Trinajstić information content (AvgIpc) is 2.87. The van der Waals surface area contributed by atoms with Crippen molar-refractivity contribution in [3.05, 3.63) is 35.0 Å². The zero-order chi connectivity index (χ0) is 18.0. The maximum absolute atomic E-state index is 11.4. The Morgan fingerprint density at radius 2 is 1.58 bits per heavy atom. The van der Waals surface area contributed by atoms with E-state index in [9.17, 15) is 29.4 Å². The van der Waals surface area contributed by atoms with E-state index in [0.717, 1.165) is 10.6 Å². The van der Waals surface area contributed by atoms with Crippen LogP contribution in [-0.2, 0) is 4.79 Å². The van der Waals surface area contributed by atoms with Crippen LogP contribution in [0, 0.1) is 0 Å². The van der Waals surface area contributed by atoms with Gasteiger partial charge in [0.05, 0.1) is 35.2 Å². The number of carboxylic acid groups (broad SMARTS) is 3. The number of hydrogen-bond acceptors (Lipinski definition) is 6. The molecule has 4 N–H and O–H groups in total. The Balaban J connectivity index is 2.78. The maximum atomic E-state index is 11.4. The molecule has 0 aromatic carbocycles. The van der Waals surface area contributed by atoms with E-state index >= 15 is 0 Å². The second-order valence-corrected chi connectivity index (χ2v) is 4.58.